The van der Waals surface area contributed by atoms with Gasteiger partial charge in [-0.05, 0) is 24.5 Å². The maximum atomic E-state index is 9.78. The van der Waals surface area contributed by atoms with E-state index in [4.69, 9.17) is 11.6 Å². The summed E-state index contributed by atoms with van der Waals surface area (Å²) in [7, 11) is 0. The molecule has 1 fully saturated rings. The van der Waals surface area contributed by atoms with Crippen molar-refractivity contribution in [2.45, 2.75) is 19.4 Å². The van der Waals surface area contributed by atoms with Crippen LogP contribution in [0.25, 0.3) is 0 Å². The van der Waals surface area contributed by atoms with Crippen molar-refractivity contribution in [3.63, 3.8) is 0 Å². The molecule has 2 atom stereocenters. The van der Waals surface area contributed by atoms with E-state index in [9.17, 15) is 5.11 Å². The van der Waals surface area contributed by atoms with E-state index in [0.717, 1.165) is 18.8 Å². The van der Waals surface area contributed by atoms with E-state index in [1.165, 1.54) is 0 Å². The average Bonchev–Trinajstić information content (AvgIpc) is 2.22. The lowest BCUT2D eigenvalue weighted by Gasteiger charge is -2.35. The highest BCUT2D eigenvalue weighted by Crippen LogP contribution is 2.23. The highest BCUT2D eigenvalue weighted by molar-refractivity contribution is 6.30. The smallest absolute Gasteiger partial charge is 0.130 e. The Morgan fingerprint density at radius 1 is 1.60 bits per heavy atom. The molecule has 3 nitrogen and oxygen atoms in total. The molecule has 1 aromatic rings. The van der Waals surface area contributed by atoms with Gasteiger partial charge in [-0.3, -0.25) is 0 Å². The molecule has 0 spiro atoms. The molecule has 0 amide bonds. The van der Waals surface area contributed by atoms with E-state index in [1.54, 1.807) is 12.3 Å². The number of hydrogen-bond donors (Lipinski definition) is 1. The summed E-state index contributed by atoms with van der Waals surface area (Å²) in [4.78, 5) is 6.33. The Balaban J connectivity index is 2.12. The Morgan fingerprint density at radius 2 is 2.40 bits per heavy atom. The van der Waals surface area contributed by atoms with E-state index in [2.05, 4.69) is 16.8 Å². The molecule has 82 valence electrons. The molecule has 1 aromatic heterocycles. The topological polar surface area (TPSA) is 36.4 Å². The summed E-state index contributed by atoms with van der Waals surface area (Å²) in [5.41, 5.74) is 0. The van der Waals surface area contributed by atoms with Crippen molar-refractivity contribution < 1.29 is 5.11 Å². The molecule has 1 N–H and O–H groups in total. The van der Waals surface area contributed by atoms with Crippen molar-refractivity contribution in [2.24, 2.45) is 5.92 Å². The van der Waals surface area contributed by atoms with E-state index in [1.807, 2.05) is 6.07 Å². The van der Waals surface area contributed by atoms with Crippen LogP contribution in [0.5, 0.6) is 0 Å². The molecule has 15 heavy (non-hydrogen) atoms. The Kier molecular flexibility index (Phi) is 3.12. The van der Waals surface area contributed by atoms with Gasteiger partial charge >= 0.3 is 0 Å². The van der Waals surface area contributed by atoms with Crippen molar-refractivity contribution in [3.8, 4) is 0 Å². The molecule has 0 aliphatic carbocycles. The minimum absolute atomic E-state index is 0.264. The molecule has 2 heterocycles. The predicted molar refractivity (Wildman–Crippen MR) is 61.2 cm³/mol. The van der Waals surface area contributed by atoms with Crippen LogP contribution in [0, 0.1) is 5.92 Å². The Bertz CT molecular complexity index is 345. The van der Waals surface area contributed by atoms with Gasteiger partial charge in [0.1, 0.15) is 5.82 Å². The third-order valence-corrected chi connectivity index (χ3v) is 3.19. The normalized spacial score (nSPS) is 26.7. The first-order chi connectivity index (χ1) is 7.16. The van der Waals surface area contributed by atoms with Crippen molar-refractivity contribution in [3.05, 3.63) is 23.4 Å². The highest BCUT2D eigenvalue weighted by atomic mass is 35.5. The van der Waals surface area contributed by atoms with Crippen molar-refractivity contribution in [2.75, 3.05) is 18.0 Å². The summed E-state index contributed by atoms with van der Waals surface area (Å²) >= 11 is 5.90. The SMILES string of the molecule is CC1CCN(c2cc(Cl)ccn2)CC1O. The third-order valence-electron chi connectivity index (χ3n) is 2.95. The summed E-state index contributed by atoms with van der Waals surface area (Å²) in [6.07, 6.45) is 2.43. The second-order valence-electron chi connectivity index (χ2n) is 4.11. The lowest BCUT2D eigenvalue weighted by molar-refractivity contribution is 0.102. The number of aliphatic hydroxyl groups is 1. The van der Waals surface area contributed by atoms with Gasteiger partial charge in [0.25, 0.3) is 0 Å². The summed E-state index contributed by atoms with van der Waals surface area (Å²) < 4.78 is 0. The van der Waals surface area contributed by atoms with Crippen LogP contribution in [0.2, 0.25) is 5.02 Å². The zero-order valence-corrected chi connectivity index (χ0v) is 9.48. The largest absolute Gasteiger partial charge is 0.391 e. The van der Waals surface area contributed by atoms with Gasteiger partial charge in [-0.15, -0.1) is 0 Å². The maximum absolute atomic E-state index is 9.78. The first-order valence-electron chi connectivity index (χ1n) is 5.21. The number of nitrogens with zero attached hydrogens (tertiary/aromatic N) is 2. The van der Waals surface area contributed by atoms with Crippen LogP contribution >= 0.6 is 11.6 Å². The van der Waals surface area contributed by atoms with Crippen LogP contribution in [-0.4, -0.2) is 29.3 Å². The number of hydrogen-bond acceptors (Lipinski definition) is 3. The molecule has 0 bridgehead atoms. The molecule has 0 radical (unpaired) electrons. The molecular weight excluding hydrogens is 212 g/mol. The number of piperidine rings is 1. The van der Waals surface area contributed by atoms with E-state index >= 15 is 0 Å². The second kappa shape index (κ2) is 4.37. The number of β-amino-alcohol motifs (C(OH)–C–C–N with tert-alkyl or cyclic N) is 1. The van der Waals surface area contributed by atoms with Gasteiger partial charge in [-0.1, -0.05) is 18.5 Å². The molecule has 0 saturated carbocycles. The third kappa shape index (κ3) is 2.41. The Morgan fingerprint density at radius 3 is 3.07 bits per heavy atom. The van der Waals surface area contributed by atoms with Gasteiger partial charge in [0, 0.05) is 24.3 Å². The van der Waals surface area contributed by atoms with Crippen LogP contribution in [0.3, 0.4) is 0 Å². The quantitative estimate of drug-likeness (QED) is 0.795. The Labute approximate surface area is 94.7 Å². The lowest BCUT2D eigenvalue weighted by Crippen LogP contribution is -2.43. The first kappa shape index (κ1) is 10.7. The number of anilines is 1. The van der Waals surface area contributed by atoms with Crippen molar-refractivity contribution >= 4 is 17.4 Å². The fourth-order valence-electron chi connectivity index (χ4n) is 1.82. The van der Waals surface area contributed by atoms with Crippen LogP contribution in [0.4, 0.5) is 5.82 Å². The van der Waals surface area contributed by atoms with Crippen molar-refractivity contribution in [1.82, 2.24) is 4.98 Å². The molecule has 1 aliphatic rings. The molecule has 2 rings (SSSR count). The monoisotopic (exact) mass is 226 g/mol. The summed E-state index contributed by atoms with van der Waals surface area (Å²) in [6.45, 7) is 3.66. The van der Waals surface area contributed by atoms with Crippen molar-refractivity contribution in [1.29, 1.82) is 0 Å². The number of aromatic nitrogens is 1. The number of aliphatic hydroxyl groups excluding tert-OH is 1. The zero-order valence-electron chi connectivity index (χ0n) is 8.73. The summed E-state index contributed by atoms with van der Waals surface area (Å²) in [5, 5.41) is 10.5. The van der Waals surface area contributed by atoms with E-state index < -0.39 is 0 Å². The summed E-state index contributed by atoms with van der Waals surface area (Å²) in [6, 6.07) is 3.60. The molecular formula is C11H15ClN2O. The van der Waals surface area contributed by atoms with Gasteiger partial charge in [0.05, 0.1) is 6.10 Å². The van der Waals surface area contributed by atoms with Gasteiger partial charge in [-0.25, -0.2) is 4.98 Å². The predicted octanol–water partition coefficient (Wildman–Crippen LogP) is 1.94. The number of halogens is 1. The van der Waals surface area contributed by atoms with Gasteiger partial charge in [0.15, 0.2) is 0 Å². The lowest BCUT2D eigenvalue weighted by atomic mass is 9.96. The van der Waals surface area contributed by atoms with E-state index in [-0.39, 0.29) is 6.10 Å². The summed E-state index contributed by atoms with van der Waals surface area (Å²) in [5.74, 6) is 1.23. The minimum atomic E-state index is -0.264. The maximum Gasteiger partial charge on any atom is 0.130 e. The second-order valence-corrected chi connectivity index (χ2v) is 4.55. The average molecular weight is 227 g/mol. The van der Waals surface area contributed by atoms with Crippen LogP contribution in [-0.2, 0) is 0 Å². The molecule has 1 aliphatic heterocycles. The van der Waals surface area contributed by atoms with E-state index in [0.29, 0.717) is 17.5 Å². The number of pyridine rings is 1. The minimum Gasteiger partial charge on any atom is -0.391 e. The molecule has 2 unspecified atom stereocenters. The van der Waals surface area contributed by atoms with Gasteiger partial charge < -0.3 is 10.0 Å². The van der Waals surface area contributed by atoms with Gasteiger partial charge in [0.2, 0.25) is 0 Å². The standard InChI is InChI=1S/C11H15ClN2O/c1-8-3-5-14(7-10(8)15)11-6-9(12)2-4-13-11/h2,4,6,8,10,15H,3,5,7H2,1H3. The molecule has 1 saturated heterocycles. The fourth-order valence-corrected chi connectivity index (χ4v) is 1.98. The molecule has 4 heteroatoms. The Hall–Kier alpha value is -0.800. The first-order valence-corrected chi connectivity index (χ1v) is 5.59. The molecule has 0 aromatic carbocycles. The van der Waals surface area contributed by atoms with Crippen LogP contribution in [0.15, 0.2) is 18.3 Å². The fraction of sp³-hybridized carbons (Fsp3) is 0.545. The number of rotatable bonds is 1. The zero-order chi connectivity index (χ0) is 10.8. The van der Waals surface area contributed by atoms with Gasteiger partial charge in [-0.2, -0.15) is 0 Å². The van der Waals surface area contributed by atoms with Crippen LogP contribution in [0.1, 0.15) is 13.3 Å². The van der Waals surface area contributed by atoms with Crippen LogP contribution < -0.4 is 4.90 Å². The highest BCUT2D eigenvalue weighted by Gasteiger charge is 2.24.